The molecule has 0 aromatic carbocycles. The molecular weight excluding hydrogens is 256 g/mol. The zero-order valence-corrected chi connectivity index (χ0v) is 10.9. The smallest absolute Gasteiger partial charge is 0.224 e. The first kappa shape index (κ1) is 12.8. The van der Waals surface area contributed by atoms with Crippen LogP contribution in [0.15, 0.2) is 36.7 Å². The number of nitrogens with one attached hydrogen (secondary N) is 1. The van der Waals surface area contributed by atoms with Crippen LogP contribution in [-0.2, 0) is 16.1 Å². The van der Waals surface area contributed by atoms with E-state index >= 15 is 0 Å². The van der Waals surface area contributed by atoms with Crippen molar-refractivity contribution in [3.63, 3.8) is 0 Å². The average Bonchev–Trinajstić information content (AvgIpc) is 3.06. The quantitative estimate of drug-likeness (QED) is 0.774. The fourth-order valence-corrected chi connectivity index (χ4v) is 3.31. The molecule has 0 aliphatic heterocycles. The maximum Gasteiger partial charge on any atom is 0.224 e. The largest absolute Gasteiger partial charge is 0.550 e. The molecule has 1 saturated carbocycles. The van der Waals surface area contributed by atoms with Gasteiger partial charge in [0.1, 0.15) is 0 Å². The Balaban J connectivity index is 1.68. The highest BCUT2D eigenvalue weighted by atomic mass is 16.4. The number of hydrogen-bond acceptors (Lipinski definition) is 4. The Morgan fingerprint density at radius 2 is 2.05 bits per heavy atom. The zero-order valence-electron chi connectivity index (χ0n) is 10.9. The van der Waals surface area contributed by atoms with E-state index in [2.05, 4.69) is 10.3 Å². The van der Waals surface area contributed by atoms with Crippen molar-refractivity contribution in [3.05, 3.63) is 42.2 Å². The Kier molecular flexibility index (Phi) is 3.26. The van der Waals surface area contributed by atoms with Gasteiger partial charge in [0.05, 0.1) is 5.92 Å². The summed E-state index contributed by atoms with van der Waals surface area (Å²) < 4.78 is 0. The summed E-state index contributed by atoms with van der Waals surface area (Å²) in [5, 5.41) is 14.1. The van der Waals surface area contributed by atoms with E-state index in [0.29, 0.717) is 6.54 Å². The van der Waals surface area contributed by atoms with Crippen LogP contribution in [0, 0.1) is 23.7 Å². The van der Waals surface area contributed by atoms with E-state index < -0.39 is 17.8 Å². The lowest BCUT2D eigenvalue weighted by Gasteiger charge is -2.27. The van der Waals surface area contributed by atoms with E-state index in [1.807, 2.05) is 18.2 Å². The van der Waals surface area contributed by atoms with Gasteiger partial charge >= 0.3 is 0 Å². The normalized spacial score (nSPS) is 30.4. The minimum Gasteiger partial charge on any atom is -0.550 e. The van der Waals surface area contributed by atoms with Crippen molar-refractivity contribution in [2.45, 2.75) is 13.0 Å². The van der Waals surface area contributed by atoms with E-state index in [0.717, 1.165) is 12.0 Å². The lowest BCUT2D eigenvalue weighted by Crippen LogP contribution is -2.44. The molecule has 0 saturated heterocycles. The van der Waals surface area contributed by atoms with Crippen LogP contribution >= 0.6 is 0 Å². The molecule has 1 amide bonds. The summed E-state index contributed by atoms with van der Waals surface area (Å²) in [6.45, 7) is 0.365. The molecule has 1 fully saturated rings. The number of hydrogen-bond donors (Lipinski definition) is 1. The topological polar surface area (TPSA) is 82.1 Å². The first-order valence-corrected chi connectivity index (χ1v) is 6.72. The van der Waals surface area contributed by atoms with Crippen molar-refractivity contribution < 1.29 is 14.7 Å². The van der Waals surface area contributed by atoms with E-state index in [9.17, 15) is 14.7 Å². The highest BCUT2D eigenvalue weighted by Gasteiger charge is 2.48. The van der Waals surface area contributed by atoms with Crippen LogP contribution in [0.25, 0.3) is 0 Å². The zero-order chi connectivity index (χ0) is 14.1. The molecule has 0 unspecified atom stereocenters. The predicted octanol–water partition coefficient (Wildman–Crippen LogP) is -0.114. The van der Waals surface area contributed by atoms with Gasteiger partial charge in [0.25, 0.3) is 0 Å². The monoisotopic (exact) mass is 271 g/mol. The molecule has 1 N–H and O–H groups in total. The van der Waals surface area contributed by atoms with Gasteiger partial charge in [0.15, 0.2) is 0 Å². The van der Waals surface area contributed by atoms with Crippen molar-refractivity contribution >= 4 is 11.9 Å². The lowest BCUT2D eigenvalue weighted by atomic mass is 9.82. The van der Waals surface area contributed by atoms with Crippen LogP contribution < -0.4 is 10.4 Å². The van der Waals surface area contributed by atoms with Crippen molar-refractivity contribution in [1.82, 2.24) is 10.3 Å². The van der Waals surface area contributed by atoms with Crippen LogP contribution in [0.4, 0.5) is 0 Å². The van der Waals surface area contributed by atoms with Crippen molar-refractivity contribution in [1.29, 1.82) is 0 Å². The van der Waals surface area contributed by atoms with Gasteiger partial charge < -0.3 is 15.2 Å². The van der Waals surface area contributed by atoms with Crippen LogP contribution in [0.1, 0.15) is 12.0 Å². The third kappa shape index (κ3) is 2.19. The minimum atomic E-state index is -1.12. The number of fused-ring (bicyclic) bond motifs is 2. The molecule has 3 rings (SSSR count). The summed E-state index contributed by atoms with van der Waals surface area (Å²) in [6, 6.07) is 3.66. The molecule has 20 heavy (non-hydrogen) atoms. The SMILES string of the molecule is O=C([O-])[C@@H]1[C@@H](C(=O)NCc2cccnc2)[C@H]2C=C[C@H]1C2. The van der Waals surface area contributed by atoms with E-state index in [4.69, 9.17) is 0 Å². The average molecular weight is 271 g/mol. The van der Waals surface area contributed by atoms with Crippen molar-refractivity contribution in [2.75, 3.05) is 0 Å². The second kappa shape index (κ2) is 5.07. The number of carboxylic acid groups (broad SMARTS) is 1. The van der Waals surface area contributed by atoms with Gasteiger partial charge in [-0.1, -0.05) is 18.2 Å². The van der Waals surface area contributed by atoms with E-state index in [1.54, 1.807) is 18.5 Å². The molecule has 5 heteroatoms. The molecule has 2 aliphatic carbocycles. The summed E-state index contributed by atoms with van der Waals surface area (Å²) in [6.07, 6.45) is 7.94. The fourth-order valence-electron chi connectivity index (χ4n) is 3.31. The number of amides is 1. The van der Waals surface area contributed by atoms with Gasteiger partial charge in [0.2, 0.25) is 5.91 Å². The Labute approximate surface area is 116 Å². The molecule has 4 atom stereocenters. The number of carbonyl (C=O) groups excluding carboxylic acids is 2. The molecule has 1 aromatic heterocycles. The Hall–Kier alpha value is -2.17. The molecule has 2 aliphatic rings. The lowest BCUT2D eigenvalue weighted by molar-refractivity contribution is -0.313. The summed E-state index contributed by atoms with van der Waals surface area (Å²) in [5.41, 5.74) is 0.893. The summed E-state index contributed by atoms with van der Waals surface area (Å²) in [7, 11) is 0. The third-order valence-electron chi connectivity index (χ3n) is 4.22. The number of allylic oxidation sites excluding steroid dienone is 2. The summed E-state index contributed by atoms with van der Waals surface area (Å²) in [5.74, 6) is -2.57. The van der Waals surface area contributed by atoms with Crippen molar-refractivity contribution in [3.8, 4) is 0 Å². The van der Waals surface area contributed by atoms with Crippen LogP contribution in [0.2, 0.25) is 0 Å². The molecule has 104 valence electrons. The summed E-state index contributed by atoms with van der Waals surface area (Å²) in [4.78, 5) is 27.5. The Bertz CT molecular complexity index is 555. The number of pyridine rings is 1. The number of rotatable bonds is 4. The second-order valence-electron chi connectivity index (χ2n) is 5.40. The Morgan fingerprint density at radius 1 is 1.30 bits per heavy atom. The second-order valence-corrected chi connectivity index (χ2v) is 5.40. The molecule has 2 bridgehead atoms. The fraction of sp³-hybridized carbons (Fsp3) is 0.400. The van der Waals surface area contributed by atoms with Gasteiger partial charge in [-0.25, -0.2) is 0 Å². The first-order chi connectivity index (χ1) is 9.66. The highest BCUT2D eigenvalue weighted by molar-refractivity contribution is 5.86. The number of nitrogens with zero attached hydrogens (tertiary/aromatic N) is 1. The summed E-state index contributed by atoms with van der Waals surface area (Å²) >= 11 is 0. The standard InChI is InChI=1S/C15H16N2O3/c18-14(17-8-9-2-1-5-16-7-9)12-10-3-4-11(6-10)13(12)15(19)20/h1-5,7,10-13H,6,8H2,(H,17,18)(H,19,20)/p-1/t10-,11-,12-,13-/m0/s1. The van der Waals surface area contributed by atoms with Gasteiger partial charge in [-0.05, 0) is 29.9 Å². The van der Waals surface area contributed by atoms with Gasteiger partial charge in [0, 0.05) is 30.8 Å². The van der Waals surface area contributed by atoms with Crippen molar-refractivity contribution in [2.24, 2.45) is 23.7 Å². The number of carboxylic acids is 1. The molecule has 1 heterocycles. The van der Waals surface area contributed by atoms with Crippen LogP contribution in [0.3, 0.4) is 0 Å². The molecular formula is C15H15N2O3-. The van der Waals surface area contributed by atoms with Gasteiger partial charge in [-0.3, -0.25) is 9.78 Å². The molecule has 5 nitrogen and oxygen atoms in total. The number of aromatic nitrogens is 1. The van der Waals surface area contributed by atoms with E-state index in [-0.39, 0.29) is 17.7 Å². The van der Waals surface area contributed by atoms with Crippen LogP contribution in [0.5, 0.6) is 0 Å². The number of aliphatic carboxylic acids is 1. The van der Waals surface area contributed by atoms with Crippen LogP contribution in [-0.4, -0.2) is 16.9 Å². The molecule has 0 spiro atoms. The predicted molar refractivity (Wildman–Crippen MR) is 68.8 cm³/mol. The maximum atomic E-state index is 12.3. The molecule has 1 aromatic rings. The first-order valence-electron chi connectivity index (χ1n) is 6.72. The maximum absolute atomic E-state index is 12.3. The minimum absolute atomic E-state index is 0.0248. The highest BCUT2D eigenvalue weighted by Crippen LogP contribution is 2.47. The van der Waals surface area contributed by atoms with Gasteiger partial charge in [-0.2, -0.15) is 0 Å². The number of carbonyl (C=O) groups is 2. The third-order valence-corrected chi connectivity index (χ3v) is 4.22. The Morgan fingerprint density at radius 3 is 2.70 bits per heavy atom. The van der Waals surface area contributed by atoms with E-state index in [1.165, 1.54) is 0 Å². The molecule has 0 radical (unpaired) electrons. The van der Waals surface area contributed by atoms with Gasteiger partial charge in [-0.15, -0.1) is 0 Å².